The Kier molecular flexibility index (Phi) is 4.73. The van der Waals surface area contributed by atoms with Crippen LogP contribution in [-0.4, -0.2) is 22.2 Å². The summed E-state index contributed by atoms with van der Waals surface area (Å²) in [5, 5.41) is 7.11. The molecule has 0 bridgehead atoms. The van der Waals surface area contributed by atoms with Crippen LogP contribution in [0.15, 0.2) is 30.5 Å². The maximum Gasteiger partial charge on any atom is 0.254 e. The smallest absolute Gasteiger partial charge is 0.254 e. The number of nitrogens with zero attached hydrogens (tertiary/aromatic N) is 2. The molecule has 0 atom stereocenters. The summed E-state index contributed by atoms with van der Waals surface area (Å²) in [4.78, 5) is 12.1. The molecule has 2 aromatic rings. The lowest BCUT2D eigenvalue weighted by molar-refractivity contribution is 0.0951. The van der Waals surface area contributed by atoms with Crippen molar-refractivity contribution in [2.75, 3.05) is 6.54 Å². The molecule has 21 heavy (non-hydrogen) atoms. The van der Waals surface area contributed by atoms with E-state index in [1.165, 1.54) is 12.1 Å². The first-order chi connectivity index (χ1) is 9.99. The second-order valence-corrected chi connectivity index (χ2v) is 5.47. The molecule has 0 aliphatic carbocycles. The number of amides is 1. The van der Waals surface area contributed by atoms with Crippen molar-refractivity contribution in [1.29, 1.82) is 0 Å². The van der Waals surface area contributed by atoms with Crippen LogP contribution >= 0.6 is 0 Å². The molecular weight excluding hydrogens is 269 g/mol. The van der Waals surface area contributed by atoms with Crippen LogP contribution in [0.2, 0.25) is 0 Å². The van der Waals surface area contributed by atoms with Crippen LogP contribution in [0.3, 0.4) is 0 Å². The molecule has 1 amide bonds. The molecule has 0 aliphatic heterocycles. The summed E-state index contributed by atoms with van der Waals surface area (Å²) in [6, 6.07) is 6.02. The van der Waals surface area contributed by atoms with Crippen molar-refractivity contribution < 1.29 is 9.18 Å². The number of carbonyl (C=O) groups excluding carboxylic acids is 1. The largest absolute Gasteiger partial charge is 0.352 e. The van der Waals surface area contributed by atoms with Gasteiger partial charge in [0.2, 0.25) is 0 Å². The topological polar surface area (TPSA) is 46.9 Å². The van der Waals surface area contributed by atoms with Crippen LogP contribution in [0, 0.1) is 18.7 Å². The predicted octanol–water partition coefficient (Wildman–Crippen LogP) is 3.10. The molecule has 1 N–H and O–H groups in total. The van der Waals surface area contributed by atoms with Gasteiger partial charge in [-0.1, -0.05) is 13.8 Å². The quantitative estimate of drug-likeness (QED) is 0.919. The predicted molar refractivity (Wildman–Crippen MR) is 80.0 cm³/mol. The highest BCUT2D eigenvalue weighted by Gasteiger charge is 2.14. The Labute approximate surface area is 124 Å². The van der Waals surface area contributed by atoms with Crippen molar-refractivity contribution in [2.45, 2.75) is 27.2 Å². The summed E-state index contributed by atoms with van der Waals surface area (Å²) >= 11 is 0. The van der Waals surface area contributed by atoms with Crippen molar-refractivity contribution in [1.82, 2.24) is 15.1 Å². The number of hydrogen-bond donors (Lipinski definition) is 1. The summed E-state index contributed by atoms with van der Waals surface area (Å²) in [6.45, 7) is 6.71. The Morgan fingerprint density at radius 1 is 1.33 bits per heavy atom. The molecule has 1 aromatic carbocycles. The molecule has 0 fully saturated rings. The molecule has 0 radical (unpaired) electrons. The van der Waals surface area contributed by atoms with Gasteiger partial charge in [0.05, 0.1) is 23.1 Å². The third-order valence-corrected chi connectivity index (χ3v) is 3.33. The van der Waals surface area contributed by atoms with E-state index in [0.29, 0.717) is 18.0 Å². The first-order valence-corrected chi connectivity index (χ1v) is 7.08. The third-order valence-electron chi connectivity index (χ3n) is 3.33. The van der Waals surface area contributed by atoms with Gasteiger partial charge in [0.1, 0.15) is 5.82 Å². The van der Waals surface area contributed by atoms with Crippen molar-refractivity contribution in [3.8, 4) is 5.69 Å². The SMILES string of the molecule is Cc1c(C(=O)NCCC(C)C)cnn1-c1ccc(F)cc1. The lowest BCUT2D eigenvalue weighted by atomic mass is 10.1. The number of carbonyl (C=O) groups is 1. The van der Waals surface area contributed by atoms with E-state index in [-0.39, 0.29) is 11.7 Å². The number of nitrogens with one attached hydrogen (secondary N) is 1. The van der Waals surface area contributed by atoms with Crippen LogP contribution in [0.4, 0.5) is 4.39 Å². The van der Waals surface area contributed by atoms with Crippen LogP contribution in [0.1, 0.15) is 36.3 Å². The summed E-state index contributed by atoms with van der Waals surface area (Å²) < 4.78 is 14.6. The maximum atomic E-state index is 12.9. The maximum absolute atomic E-state index is 12.9. The molecule has 5 heteroatoms. The van der Waals surface area contributed by atoms with Crippen molar-refractivity contribution >= 4 is 5.91 Å². The van der Waals surface area contributed by atoms with Crippen LogP contribution in [0.5, 0.6) is 0 Å². The molecule has 0 saturated heterocycles. The van der Waals surface area contributed by atoms with Gasteiger partial charge >= 0.3 is 0 Å². The molecular formula is C16H20FN3O. The lowest BCUT2D eigenvalue weighted by Crippen LogP contribution is -2.25. The Hall–Kier alpha value is -2.17. The molecule has 112 valence electrons. The first kappa shape index (κ1) is 15.2. The van der Waals surface area contributed by atoms with Gasteiger partial charge in [-0.2, -0.15) is 5.10 Å². The second-order valence-electron chi connectivity index (χ2n) is 5.47. The van der Waals surface area contributed by atoms with Gasteiger partial charge in [0, 0.05) is 6.54 Å². The van der Waals surface area contributed by atoms with Gasteiger partial charge in [-0.15, -0.1) is 0 Å². The minimum absolute atomic E-state index is 0.124. The molecule has 2 rings (SSSR count). The fourth-order valence-electron chi connectivity index (χ4n) is 2.04. The van der Waals surface area contributed by atoms with E-state index in [9.17, 15) is 9.18 Å². The highest BCUT2D eigenvalue weighted by atomic mass is 19.1. The fraction of sp³-hybridized carbons (Fsp3) is 0.375. The Bertz CT molecular complexity index is 617. The zero-order valence-electron chi connectivity index (χ0n) is 12.6. The molecule has 0 aliphatic rings. The first-order valence-electron chi connectivity index (χ1n) is 7.08. The summed E-state index contributed by atoms with van der Waals surface area (Å²) in [6.07, 6.45) is 2.49. The Morgan fingerprint density at radius 2 is 2.00 bits per heavy atom. The van der Waals surface area contributed by atoms with Crippen molar-refractivity contribution in [3.63, 3.8) is 0 Å². The summed E-state index contributed by atoms with van der Waals surface area (Å²) in [5.74, 6) is 0.130. The summed E-state index contributed by atoms with van der Waals surface area (Å²) in [7, 11) is 0. The fourth-order valence-corrected chi connectivity index (χ4v) is 2.04. The van der Waals surface area contributed by atoms with Gasteiger partial charge in [-0.25, -0.2) is 9.07 Å². The Balaban J connectivity index is 2.13. The second kappa shape index (κ2) is 6.52. The van der Waals surface area contributed by atoms with E-state index in [1.54, 1.807) is 23.0 Å². The average Bonchev–Trinajstić information content (AvgIpc) is 2.81. The van der Waals surface area contributed by atoms with E-state index in [2.05, 4.69) is 24.3 Å². The number of benzene rings is 1. The Morgan fingerprint density at radius 3 is 2.62 bits per heavy atom. The zero-order valence-corrected chi connectivity index (χ0v) is 12.6. The van der Waals surface area contributed by atoms with E-state index < -0.39 is 0 Å². The standard InChI is InChI=1S/C16H20FN3O/c1-11(2)8-9-18-16(21)15-10-19-20(12(15)3)14-6-4-13(17)5-7-14/h4-7,10-11H,8-9H2,1-3H3,(H,18,21). The van der Waals surface area contributed by atoms with Crippen molar-refractivity contribution in [3.05, 3.63) is 47.5 Å². The van der Waals surface area contributed by atoms with E-state index >= 15 is 0 Å². The monoisotopic (exact) mass is 289 g/mol. The molecule has 0 saturated carbocycles. The number of halogens is 1. The number of hydrogen-bond acceptors (Lipinski definition) is 2. The summed E-state index contributed by atoms with van der Waals surface area (Å²) in [5.41, 5.74) is 2.02. The van der Waals surface area contributed by atoms with Gasteiger partial charge in [-0.3, -0.25) is 4.79 Å². The molecule has 1 heterocycles. The molecule has 0 spiro atoms. The third kappa shape index (κ3) is 3.68. The van der Waals surface area contributed by atoms with Crippen LogP contribution in [0.25, 0.3) is 5.69 Å². The normalized spacial score (nSPS) is 10.9. The zero-order chi connectivity index (χ0) is 15.4. The average molecular weight is 289 g/mol. The minimum atomic E-state index is -0.296. The van der Waals surface area contributed by atoms with E-state index in [1.807, 2.05) is 6.92 Å². The van der Waals surface area contributed by atoms with Crippen molar-refractivity contribution in [2.24, 2.45) is 5.92 Å². The van der Waals surface area contributed by atoms with Gasteiger partial charge in [-0.05, 0) is 43.5 Å². The van der Waals surface area contributed by atoms with Gasteiger partial charge in [0.25, 0.3) is 5.91 Å². The lowest BCUT2D eigenvalue weighted by Gasteiger charge is -2.08. The minimum Gasteiger partial charge on any atom is -0.352 e. The van der Waals surface area contributed by atoms with E-state index in [0.717, 1.165) is 17.8 Å². The highest BCUT2D eigenvalue weighted by molar-refractivity contribution is 5.95. The van der Waals surface area contributed by atoms with E-state index in [4.69, 9.17) is 0 Å². The van der Waals surface area contributed by atoms with Gasteiger partial charge in [0.15, 0.2) is 0 Å². The molecule has 1 aromatic heterocycles. The molecule has 0 unspecified atom stereocenters. The number of aromatic nitrogens is 2. The van der Waals surface area contributed by atoms with Crippen LogP contribution < -0.4 is 5.32 Å². The van der Waals surface area contributed by atoms with Crippen LogP contribution in [-0.2, 0) is 0 Å². The number of rotatable bonds is 5. The highest BCUT2D eigenvalue weighted by Crippen LogP contribution is 2.14. The van der Waals surface area contributed by atoms with Gasteiger partial charge < -0.3 is 5.32 Å². The molecule has 4 nitrogen and oxygen atoms in total.